The number of carbonyl (C=O) groups is 1. The summed E-state index contributed by atoms with van der Waals surface area (Å²) in [4.78, 5) is 13.0. The minimum Gasteiger partial charge on any atom is -0.447 e. The second kappa shape index (κ2) is 7.99. The van der Waals surface area contributed by atoms with Crippen LogP contribution in [0.5, 0.6) is 0 Å². The van der Waals surface area contributed by atoms with Crippen molar-refractivity contribution >= 4 is 21.8 Å². The Kier molecular flexibility index (Phi) is 6.02. The van der Waals surface area contributed by atoms with Gasteiger partial charge in [0.25, 0.3) is 0 Å². The molecule has 1 amide bonds. The lowest BCUT2D eigenvalue weighted by Crippen LogP contribution is -2.26. The summed E-state index contributed by atoms with van der Waals surface area (Å²) in [5.74, 6) is 5.81. The second-order valence-electron chi connectivity index (χ2n) is 5.11. The molecule has 23 heavy (non-hydrogen) atoms. The SMILES string of the molecule is CCCCS(=O)(=O)NCC#Cc1ccc(N2CCOC2=O)cc1. The maximum atomic E-state index is 11.6. The van der Waals surface area contributed by atoms with E-state index in [1.807, 2.05) is 6.92 Å². The summed E-state index contributed by atoms with van der Waals surface area (Å²) in [5, 5.41) is 0. The van der Waals surface area contributed by atoms with Crippen molar-refractivity contribution in [2.45, 2.75) is 19.8 Å². The van der Waals surface area contributed by atoms with Crippen LogP contribution in [0.25, 0.3) is 0 Å². The van der Waals surface area contributed by atoms with Crippen molar-refractivity contribution in [3.63, 3.8) is 0 Å². The summed E-state index contributed by atoms with van der Waals surface area (Å²) < 4.78 is 30.5. The number of ether oxygens (including phenoxy) is 1. The molecule has 0 atom stereocenters. The Morgan fingerprint density at radius 2 is 2.04 bits per heavy atom. The number of hydrogen-bond acceptors (Lipinski definition) is 4. The number of cyclic esters (lactones) is 1. The Hall–Kier alpha value is -2.04. The van der Waals surface area contributed by atoms with Crippen LogP contribution < -0.4 is 9.62 Å². The Morgan fingerprint density at radius 1 is 1.30 bits per heavy atom. The van der Waals surface area contributed by atoms with E-state index < -0.39 is 10.0 Å². The lowest BCUT2D eigenvalue weighted by molar-refractivity contribution is 0.181. The van der Waals surface area contributed by atoms with Crippen LogP contribution in [0, 0.1) is 11.8 Å². The van der Waals surface area contributed by atoms with Gasteiger partial charge in [-0.3, -0.25) is 4.90 Å². The Balaban J connectivity index is 1.88. The Bertz CT molecular complexity index is 702. The Labute approximate surface area is 136 Å². The zero-order valence-electron chi connectivity index (χ0n) is 13.0. The molecule has 1 aliphatic rings. The summed E-state index contributed by atoms with van der Waals surface area (Å²) in [6.45, 7) is 2.98. The van der Waals surface area contributed by atoms with Gasteiger partial charge in [0.1, 0.15) is 6.61 Å². The van der Waals surface area contributed by atoms with Gasteiger partial charge < -0.3 is 4.74 Å². The number of anilines is 1. The molecule has 1 fully saturated rings. The van der Waals surface area contributed by atoms with E-state index in [4.69, 9.17) is 4.74 Å². The largest absolute Gasteiger partial charge is 0.447 e. The summed E-state index contributed by atoms with van der Waals surface area (Å²) in [6, 6.07) is 7.17. The minimum absolute atomic E-state index is 0.0895. The molecule has 2 rings (SSSR count). The highest BCUT2D eigenvalue weighted by Crippen LogP contribution is 2.18. The summed E-state index contributed by atoms with van der Waals surface area (Å²) in [5.41, 5.74) is 1.52. The third-order valence-corrected chi connectivity index (χ3v) is 4.73. The fourth-order valence-corrected chi connectivity index (χ4v) is 3.16. The van der Waals surface area contributed by atoms with E-state index in [0.717, 1.165) is 17.7 Å². The summed E-state index contributed by atoms with van der Waals surface area (Å²) in [6.07, 6.45) is 1.14. The molecule has 1 N–H and O–H groups in total. The van der Waals surface area contributed by atoms with Gasteiger partial charge in [-0.15, -0.1) is 0 Å². The third-order valence-electron chi connectivity index (χ3n) is 3.32. The van der Waals surface area contributed by atoms with Crippen LogP contribution in [-0.2, 0) is 14.8 Å². The van der Waals surface area contributed by atoms with Crippen molar-refractivity contribution in [1.29, 1.82) is 0 Å². The fraction of sp³-hybridized carbons (Fsp3) is 0.438. The maximum Gasteiger partial charge on any atom is 0.414 e. The van der Waals surface area contributed by atoms with Crippen molar-refractivity contribution < 1.29 is 17.9 Å². The number of rotatable bonds is 6. The number of unbranched alkanes of at least 4 members (excludes halogenated alkanes) is 1. The second-order valence-corrected chi connectivity index (χ2v) is 7.03. The molecule has 0 spiro atoms. The van der Waals surface area contributed by atoms with Crippen LogP contribution in [0.15, 0.2) is 24.3 Å². The molecule has 7 heteroatoms. The van der Waals surface area contributed by atoms with E-state index in [-0.39, 0.29) is 18.4 Å². The maximum absolute atomic E-state index is 11.6. The van der Waals surface area contributed by atoms with Crippen molar-refractivity contribution in [3.8, 4) is 11.8 Å². The molecule has 1 aromatic rings. The molecule has 0 aliphatic carbocycles. The van der Waals surface area contributed by atoms with Crippen molar-refractivity contribution in [1.82, 2.24) is 4.72 Å². The monoisotopic (exact) mass is 336 g/mol. The van der Waals surface area contributed by atoms with Crippen LogP contribution in [0.2, 0.25) is 0 Å². The highest BCUT2D eigenvalue weighted by atomic mass is 32.2. The molecule has 0 saturated carbocycles. The van der Waals surface area contributed by atoms with Gasteiger partial charge in [0.15, 0.2) is 0 Å². The van der Waals surface area contributed by atoms with Gasteiger partial charge in [-0.25, -0.2) is 17.9 Å². The number of nitrogens with one attached hydrogen (secondary N) is 1. The topological polar surface area (TPSA) is 75.7 Å². The normalized spacial score (nSPS) is 14.3. The first kappa shape index (κ1) is 17.3. The number of amides is 1. The molecule has 1 heterocycles. The number of sulfonamides is 1. The highest BCUT2D eigenvalue weighted by molar-refractivity contribution is 7.89. The number of benzene rings is 1. The average Bonchev–Trinajstić information content (AvgIpc) is 2.96. The van der Waals surface area contributed by atoms with Gasteiger partial charge in [0.2, 0.25) is 10.0 Å². The standard InChI is InChI=1S/C16H20N2O4S/c1-2-3-13-23(20,21)17-10-4-5-14-6-8-15(9-7-14)18-11-12-22-16(18)19/h6-9,17H,2-3,10-13H2,1H3. The number of nitrogens with zero attached hydrogens (tertiary/aromatic N) is 1. The molecule has 124 valence electrons. The van der Waals surface area contributed by atoms with Gasteiger partial charge in [-0.05, 0) is 30.7 Å². The van der Waals surface area contributed by atoms with Crippen molar-refractivity contribution in [3.05, 3.63) is 29.8 Å². The molecule has 6 nitrogen and oxygen atoms in total. The van der Waals surface area contributed by atoms with E-state index >= 15 is 0 Å². The van der Waals surface area contributed by atoms with Gasteiger partial charge in [-0.2, -0.15) is 0 Å². The van der Waals surface area contributed by atoms with Gasteiger partial charge in [0.05, 0.1) is 18.8 Å². The van der Waals surface area contributed by atoms with E-state index in [1.165, 1.54) is 0 Å². The molecule has 1 aliphatic heterocycles. The third kappa shape index (κ3) is 5.27. The summed E-state index contributed by atoms with van der Waals surface area (Å²) in [7, 11) is -3.23. The van der Waals surface area contributed by atoms with Crippen molar-refractivity contribution in [2.75, 3.05) is 30.3 Å². The van der Waals surface area contributed by atoms with Crippen molar-refractivity contribution in [2.24, 2.45) is 0 Å². The van der Waals surface area contributed by atoms with Gasteiger partial charge in [0, 0.05) is 11.3 Å². The average molecular weight is 336 g/mol. The van der Waals surface area contributed by atoms with Crippen LogP contribution >= 0.6 is 0 Å². The first-order valence-electron chi connectivity index (χ1n) is 7.52. The molecule has 1 aromatic carbocycles. The van der Waals surface area contributed by atoms with E-state index in [2.05, 4.69) is 16.6 Å². The number of hydrogen-bond donors (Lipinski definition) is 1. The van der Waals surface area contributed by atoms with E-state index in [9.17, 15) is 13.2 Å². The molecule has 0 bridgehead atoms. The zero-order valence-corrected chi connectivity index (χ0v) is 13.9. The predicted octanol–water partition coefficient (Wildman–Crippen LogP) is 1.71. The molecular formula is C16H20N2O4S. The molecule has 0 unspecified atom stereocenters. The van der Waals surface area contributed by atoms with E-state index in [0.29, 0.717) is 19.6 Å². The van der Waals surface area contributed by atoms with Gasteiger partial charge >= 0.3 is 6.09 Å². The fourth-order valence-electron chi connectivity index (χ4n) is 2.05. The van der Waals surface area contributed by atoms with Gasteiger partial charge in [-0.1, -0.05) is 25.2 Å². The molecule has 1 saturated heterocycles. The van der Waals surface area contributed by atoms with Crippen LogP contribution in [0.4, 0.5) is 10.5 Å². The minimum atomic E-state index is -3.23. The first-order valence-corrected chi connectivity index (χ1v) is 9.17. The predicted molar refractivity (Wildman–Crippen MR) is 88.7 cm³/mol. The molecular weight excluding hydrogens is 316 g/mol. The first-order chi connectivity index (χ1) is 11.0. The number of carbonyl (C=O) groups excluding carboxylic acids is 1. The van der Waals surface area contributed by atoms with E-state index in [1.54, 1.807) is 29.2 Å². The lowest BCUT2D eigenvalue weighted by atomic mass is 10.2. The molecule has 0 radical (unpaired) electrons. The van der Waals surface area contributed by atoms with Crippen LogP contribution in [0.3, 0.4) is 0 Å². The highest BCUT2D eigenvalue weighted by Gasteiger charge is 2.23. The zero-order chi connectivity index (χ0) is 16.7. The summed E-state index contributed by atoms with van der Waals surface area (Å²) >= 11 is 0. The Morgan fingerprint density at radius 3 is 2.65 bits per heavy atom. The lowest BCUT2D eigenvalue weighted by Gasteiger charge is -2.11. The van der Waals surface area contributed by atoms with Crippen LogP contribution in [0.1, 0.15) is 25.3 Å². The molecule has 0 aromatic heterocycles. The van der Waals surface area contributed by atoms with Crippen LogP contribution in [-0.4, -0.2) is 40.0 Å². The quantitative estimate of drug-likeness (QED) is 0.803. The smallest absolute Gasteiger partial charge is 0.414 e.